The van der Waals surface area contributed by atoms with Gasteiger partial charge in [0.2, 0.25) is 0 Å². The lowest BCUT2D eigenvalue weighted by Crippen LogP contribution is -2.44. The van der Waals surface area contributed by atoms with Gasteiger partial charge in [0.1, 0.15) is 18.1 Å². The van der Waals surface area contributed by atoms with Crippen LogP contribution in [0.5, 0.6) is 0 Å². The molecule has 2 rings (SSSR count). The second kappa shape index (κ2) is 4.79. The third-order valence-corrected chi connectivity index (χ3v) is 2.95. The molecule has 1 aliphatic rings. The second-order valence-corrected chi connectivity index (χ2v) is 3.92. The van der Waals surface area contributed by atoms with Gasteiger partial charge in [-0.1, -0.05) is 0 Å². The third-order valence-electron chi connectivity index (χ3n) is 2.95. The van der Waals surface area contributed by atoms with Crippen LogP contribution in [0.4, 0.5) is 0 Å². The smallest absolute Gasteiger partial charge is 0.129 e. The molecule has 1 aromatic rings. The first kappa shape index (κ1) is 10.7. The number of hydrogen-bond donors (Lipinski definition) is 2. The average molecular weight is 210 g/mol. The Hall–Kier alpha value is -0.840. The first-order valence-electron chi connectivity index (χ1n) is 5.45. The third kappa shape index (κ3) is 2.40. The standard InChI is InChI=1S/C11H18N2O2/c1-9(13-6-4-12-5-7-13)11-3-2-10(8-14)15-11/h2-3,9,12,14H,4-8H2,1H3/t9-/m0/s1. The lowest BCUT2D eigenvalue weighted by molar-refractivity contribution is 0.160. The van der Waals surface area contributed by atoms with Crippen molar-refractivity contribution in [2.75, 3.05) is 26.2 Å². The largest absolute Gasteiger partial charge is 0.462 e. The van der Waals surface area contributed by atoms with Crippen LogP contribution in [-0.2, 0) is 6.61 Å². The molecule has 0 bridgehead atoms. The van der Waals surface area contributed by atoms with Crippen molar-refractivity contribution in [2.24, 2.45) is 0 Å². The molecule has 2 heterocycles. The van der Waals surface area contributed by atoms with Gasteiger partial charge in [0.15, 0.2) is 0 Å². The molecule has 1 aromatic heterocycles. The Morgan fingerprint density at radius 2 is 2.20 bits per heavy atom. The van der Waals surface area contributed by atoms with E-state index in [1.165, 1.54) is 0 Å². The zero-order valence-corrected chi connectivity index (χ0v) is 9.07. The van der Waals surface area contributed by atoms with Crippen LogP contribution >= 0.6 is 0 Å². The van der Waals surface area contributed by atoms with Crippen molar-refractivity contribution in [3.8, 4) is 0 Å². The molecule has 2 N–H and O–H groups in total. The maximum absolute atomic E-state index is 8.93. The number of piperazine rings is 1. The summed E-state index contributed by atoms with van der Waals surface area (Å²) in [5, 5.41) is 12.3. The summed E-state index contributed by atoms with van der Waals surface area (Å²) < 4.78 is 5.54. The van der Waals surface area contributed by atoms with E-state index in [0.29, 0.717) is 11.8 Å². The summed E-state index contributed by atoms with van der Waals surface area (Å²) in [6.07, 6.45) is 0. The minimum Gasteiger partial charge on any atom is -0.462 e. The Bertz CT molecular complexity index is 305. The molecule has 4 nitrogen and oxygen atoms in total. The number of rotatable bonds is 3. The first-order valence-corrected chi connectivity index (χ1v) is 5.45. The molecule has 1 atom stereocenters. The number of hydrogen-bond acceptors (Lipinski definition) is 4. The van der Waals surface area contributed by atoms with E-state index in [0.717, 1.165) is 31.9 Å². The van der Waals surface area contributed by atoms with Crippen LogP contribution in [-0.4, -0.2) is 36.2 Å². The van der Waals surface area contributed by atoms with Crippen molar-refractivity contribution < 1.29 is 9.52 Å². The normalized spacial score (nSPS) is 20.4. The van der Waals surface area contributed by atoms with Gasteiger partial charge in [-0.15, -0.1) is 0 Å². The van der Waals surface area contributed by atoms with E-state index in [2.05, 4.69) is 17.1 Å². The Labute approximate surface area is 89.9 Å². The Morgan fingerprint density at radius 3 is 2.80 bits per heavy atom. The quantitative estimate of drug-likeness (QED) is 0.772. The van der Waals surface area contributed by atoms with Gasteiger partial charge in [0.25, 0.3) is 0 Å². The molecule has 84 valence electrons. The molecule has 0 spiro atoms. The van der Waals surface area contributed by atoms with E-state index in [4.69, 9.17) is 9.52 Å². The number of aliphatic hydroxyl groups excluding tert-OH is 1. The van der Waals surface area contributed by atoms with Crippen LogP contribution in [0.1, 0.15) is 24.5 Å². The molecule has 4 heteroatoms. The van der Waals surface area contributed by atoms with E-state index in [9.17, 15) is 0 Å². The molecule has 0 unspecified atom stereocenters. The van der Waals surface area contributed by atoms with Crippen molar-refractivity contribution in [1.82, 2.24) is 10.2 Å². The van der Waals surface area contributed by atoms with Crippen molar-refractivity contribution in [3.63, 3.8) is 0 Å². The van der Waals surface area contributed by atoms with E-state index in [1.54, 1.807) is 0 Å². The van der Waals surface area contributed by atoms with Crippen LogP contribution in [0, 0.1) is 0 Å². The molecule has 0 amide bonds. The fourth-order valence-corrected chi connectivity index (χ4v) is 1.95. The number of nitrogens with zero attached hydrogens (tertiary/aromatic N) is 1. The molecule has 15 heavy (non-hydrogen) atoms. The molecule has 1 fully saturated rings. The highest BCUT2D eigenvalue weighted by atomic mass is 16.4. The first-order chi connectivity index (χ1) is 7.31. The Balaban J connectivity index is 2.02. The highest BCUT2D eigenvalue weighted by Crippen LogP contribution is 2.22. The van der Waals surface area contributed by atoms with Crippen LogP contribution in [0.3, 0.4) is 0 Å². The molecule has 0 aliphatic carbocycles. The highest BCUT2D eigenvalue weighted by Gasteiger charge is 2.20. The monoisotopic (exact) mass is 210 g/mol. The maximum atomic E-state index is 8.93. The molecule has 1 aliphatic heterocycles. The summed E-state index contributed by atoms with van der Waals surface area (Å²) in [5.41, 5.74) is 0. The van der Waals surface area contributed by atoms with Crippen LogP contribution in [0.2, 0.25) is 0 Å². The minimum absolute atomic E-state index is 0.0196. The topological polar surface area (TPSA) is 48.6 Å². The lowest BCUT2D eigenvalue weighted by Gasteiger charge is -2.31. The summed E-state index contributed by atoms with van der Waals surface area (Å²) in [4.78, 5) is 2.39. The minimum atomic E-state index is -0.0196. The summed E-state index contributed by atoms with van der Waals surface area (Å²) >= 11 is 0. The van der Waals surface area contributed by atoms with Gasteiger partial charge in [-0.25, -0.2) is 0 Å². The number of aliphatic hydroxyl groups is 1. The van der Waals surface area contributed by atoms with Gasteiger partial charge in [-0.2, -0.15) is 0 Å². The molecule has 0 radical (unpaired) electrons. The summed E-state index contributed by atoms with van der Waals surface area (Å²) in [7, 11) is 0. The molecule has 1 saturated heterocycles. The molecular formula is C11H18N2O2. The maximum Gasteiger partial charge on any atom is 0.129 e. The van der Waals surface area contributed by atoms with E-state index in [1.807, 2.05) is 12.1 Å². The van der Waals surface area contributed by atoms with Crippen molar-refractivity contribution >= 4 is 0 Å². The zero-order valence-electron chi connectivity index (χ0n) is 9.07. The van der Waals surface area contributed by atoms with E-state index >= 15 is 0 Å². The molecule has 0 saturated carbocycles. The van der Waals surface area contributed by atoms with Gasteiger partial charge in [0, 0.05) is 26.2 Å². The highest BCUT2D eigenvalue weighted by molar-refractivity contribution is 5.10. The Morgan fingerprint density at radius 1 is 1.47 bits per heavy atom. The fourth-order valence-electron chi connectivity index (χ4n) is 1.95. The summed E-state index contributed by atoms with van der Waals surface area (Å²) in [5.74, 6) is 1.59. The van der Waals surface area contributed by atoms with Gasteiger partial charge >= 0.3 is 0 Å². The predicted molar refractivity (Wildman–Crippen MR) is 57.5 cm³/mol. The van der Waals surface area contributed by atoms with Crippen LogP contribution < -0.4 is 5.32 Å². The Kier molecular flexibility index (Phi) is 3.41. The molecule has 0 aromatic carbocycles. The summed E-state index contributed by atoms with van der Waals surface area (Å²) in [6.45, 7) is 6.31. The van der Waals surface area contributed by atoms with Crippen molar-refractivity contribution in [1.29, 1.82) is 0 Å². The number of nitrogens with one attached hydrogen (secondary N) is 1. The second-order valence-electron chi connectivity index (χ2n) is 3.92. The SMILES string of the molecule is C[C@@H](c1ccc(CO)o1)N1CCNCC1. The van der Waals surface area contributed by atoms with Gasteiger partial charge < -0.3 is 14.8 Å². The van der Waals surface area contributed by atoms with E-state index in [-0.39, 0.29) is 6.61 Å². The van der Waals surface area contributed by atoms with Gasteiger partial charge in [-0.3, -0.25) is 4.90 Å². The van der Waals surface area contributed by atoms with Gasteiger partial charge in [0.05, 0.1) is 6.04 Å². The van der Waals surface area contributed by atoms with Crippen LogP contribution in [0.15, 0.2) is 16.5 Å². The predicted octanol–water partition coefficient (Wildman–Crippen LogP) is 0.738. The van der Waals surface area contributed by atoms with Crippen LogP contribution in [0.25, 0.3) is 0 Å². The zero-order chi connectivity index (χ0) is 10.7. The average Bonchev–Trinajstić information content (AvgIpc) is 2.78. The van der Waals surface area contributed by atoms with Crippen molar-refractivity contribution in [2.45, 2.75) is 19.6 Å². The van der Waals surface area contributed by atoms with Gasteiger partial charge in [-0.05, 0) is 19.1 Å². The van der Waals surface area contributed by atoms with Crippen molar-refractivity contribution in [3.05, 3.63) is 23.7 Å². The lowest BCUT2D eigenvalue weighted by atomic mass is 10.2. The summed E-state index contributed by atoms with van der Waals surface area (Å²) in [6, 6.07) is 4.10. The molecular weight excluding hydrogens is 192 g/mol. The number of furan rings is 1. The van der Waals surface area contributed by atoms with E-state index < -0.39 is 0 Å². The fraction of sp³-hybridized carbons (Fsp3) is 0.636.